The van der Waals surface area contributed by atoms with Gasteiger partial charge < -0.3 is 19.4 Å². The number of unbranched alkanes of at least 4 members (excludes halogenated alkanes) is 10. The number of nitrogens with zero attached hydrogens (tertiary/aromatic N) is 2. The fourth-order valence-corrected chi connectivity index (χ4v) is 7.22. The van der Waals surface area contributed by atoms with Gasteiger partial charge in [-0.1, -0.05) is 120 Å². The number of rotatable bonds is 24. The van der Waals surface area contributed by atoms with Gasteiger partial charge in [0, 0.05) is 23.3 Å². The van der Waals surface area contributed by atoms with Crippen LogP contribution in [0.1, 0.15) is 215 Å². The maximum absolute atomic E-state index is 11.9. The molecule has 0 bridgehead atoms. The molecule has 1 aliphatic heterocycles. The Hall–Kier alpha value is -1.99. The van der Waals surface area contributed by atoms with Crippen LogP contribution in [0.2, 0.25) is 0 Å². The normalized spacial score (nSPS) is 12.0. The molecule has 0 saturated carbocycles. The van der Waals surface area contributed by atoms with Crippen LogP contribution >= 0.6 is 0 Å². The molecule has 0 fully saturated rings. The molecule has 2 nitrogen and oxygen atoms in total. The molecule has 302 valence electrons. The summed E-state index contributed by atoms with van der Waals surface area (Å²) < 4.78 is 1.51. The van der Waals surface area contributed by atoms with Gasteiger partial charge in [-0.2, -0.15) is 12.8 Å². The molecule has 2 aromatic rings. The van der Waals surface area contributed by atoms with Crippen molar-refractivity contribution in [3.8, 4) is 0 Å². The summed E-state index contributed by atoms with van der Waals surface area (Å²) >= 11 is 0. The molecule has 0 amide bonds. The topological polar surface area (TPSA) is 25.3 Å². The Balaban J connectivity index is 0.00000361. The fourth-order valence-electron chi connectivity index (χ4n) is 7.22. The SMILES string of the molecule is CCCCCCc1c(CCCC)cc(C2=CC=C(c3cc(CCCC)c(CCCCCC)c(CCCC)c3)[N+]2=[N-])cc1CCCC.[CH2-]CC.[CH2-]CC.[Ni+2]. The third-order valence-corrected chi connectivity index (χ3v) is 10.1. The first-order valence-corrected chi connectivity index (χ1v) is 22.1. The van der Waals surface area contributed by atoms with Crippen molar-refractivity contribution in [2.45, 2.75) is 209 Å². The molecule has 1 heterocycles. The Morgan fingerprint density at radius 1 is 0.415 bits per heavy atom. The zero-order chi connectivity index (χ0) is 38.6. The van der Waals surface area contributed by atoms with Gasteiger partial charge in [0.1, 0.15) is 0 Å². The summed E-state index contributed by atoms with van der Waals surface area (Å²) in [4.78, 5) is 0. The molecule has 0 aliphatic carbocycles. The van der Waals surface area contributed by atoms with Crippen LogP contribution in [-0.4, -0.2) is 4.70 Å². The molecule has 3 heteroatoms. The summed E-state index contributed by atoms with van der Waals surface area (Å²) in [7, 11) is 0. The first-order valence-electron chi connectivity index (χ1n) is 22.1. The molecule has 0 aromatic heterocycles. The molecule has 53 heavy (non-hydrogen) atoms. The number of aryl methyl sites for hydroxylation is 4. The molecular formula is C50H82N2Ni. The molecule has 0 radical (unpaired) electrons. The molecule has 0 spiro atoms. The Kier molecular flexibility index (Phi) is 31.1. The molecule has 0 unspecified atom stereocenters. The summed E-state index contributed by atoms with van der Waals surface area (Å²) in [6.45, 7) is 24.8. The number of hydrogen-bond donors (Lipinski definition) is 0. The van der Waals surface area contributed by atoms with Crippen molar-refractivity contribution in [2.24, 2.45) is 0 Å². The van der Waals surface area contributed by atoms with E-state index in [9.17, 15) is 5.53 Å². The third-order valence-electron chi connectivity index (χ3n) is 10.1. The summed E-state index contributed by atoms with van der Waals surface area (Å²) in [5.41, 5.74) is 25.3. The first-order chi connectivity index (χ1) is 25.3. The second-order valence-corrected chi connectivity index (χ2v) is 15.0. The molecular weight excluding hydrogens is 687 g/mol. The van der Waals surface area contributed by atoms with Gasteiger partial charge in [0.25, 0.3) is 0 Å². The van der Waals surface area contributed by atoms with Crippen molar-refractivity contribution < 1.29 is 21.2 Å². The zero-order valence-electron chi connectivity index (χ0n) is 36.1. The van der Waals surface area contributed by atoms with E-state index in [4.69, 9.17) is 0 Å². The minimum Gasteiger partial charge on any atom is -0.493 e. The molecule has 2 aromatic carbocycles. The average molecular weight is 770 g/mol. The van der Waals surface area contributed by atoms with Gasteiger partial charge in [0.15, 0.2) is 0 Å². The number of hydrogen-bond acceptors (Lipinski definition) is 0. The average Bonchev–Trinajstić information content (AvgIpc) is 3.53. The van der Waals surface area contributed by atoms with Crippen LogP contribution < -0.4 is 0 Å². The van der Waals surface area contributed by atoms with Gasteiger partial charge >= 0.3 is 16.5 Å². The van der Waals surface area contributed by atoms with Crippen molar-refractivity contribution in [1.29, 1.82) is 0 Å². The number of benzene rings is 2. The van der Waals surface area contributed by atoms with Crippen molar-refractivity contribution >= 4 is 11.4 Å². The maximum atomic E-state index is 11.9. The Morgan fingerprint density at radius 3 is 0.925 bits per heavy atom. The van der Waals surface area contributed by atoms with Gasteiger partial charge in [-0.25, -0.2) is 4.70 Å². The summed E-state index contributed by atoms with van der Waals surface area (Å²) in [6.07, 6.45) is 33.3. The Bertz CT molecular complexity index is 1160. The minimum absolute atomic E-state index is 0. The Labute approximate surface area is 340 Å². The van der Waals surface area contributed by atoms with Gasteiger partial charge in [-0.3, -0.25) is 0 Å². The van der Waals surface area contributed by atoms with Gasteiger partial charge in [0.2, 0.25) is 11.4 Å². The van der Waals surface area contributed by atoms with E-state index in [0.29, 0.717) is 0 Å². The van der Waals surface area contributed by atoms with Crippen LogP contribution in [0.15, 0.2) is 36.4 Å². The van der Waals surface area contributed by atoms with Crippen LogP contribution in [0.25, 0.3) is 16.9 Å². The van der Waals surface area contributed by atoms with E-state index >= 15 is 0 Å². The van der Waals surface area contributed by atoms with Crippen molar-refractivity contribution in [3.05, 3.63) is 100 Å². The van der Waals surface area contributed by atoms with Gasteiger partial charge in [0.05, 0.1) is 0 Å². The number of allylic oxidation sites excluding steroid dienone is 2. The van der Waals surface area contributed by atoms with E-state index in [-0.39, 0.29) is 16.5 Å². The van der Waals surface area contributed by atoms with E-state index in [2.05, 4.69) is 91.8 Å². The smallest absolute Gasteiger partial charge is 0.493 e. The van der Waals surface area contributed by atoms with E-state index in [0.717, 1.165) is 49.9 Å². The summed E-state index contributed by atoms with van der Waals surface area (Å²) in [5, 5.41) is 0. The van der Waals surface area contributed by atoms with Crippen LogP contribution in [0, 0.1) is 13.8 Å². The molecule has 0 saturated heterocycles. The monoisotopic (exact) mass is 769 g/mol. The second kappa shape index (κ2) is 32.3. The van der Waals surface area contributed by atoms with Crippen LogP contribution in [0.3, 0.4) is 0 Å². The maximum Gasteiger partial charge on any atom is 2.00 e. The first kappa shape index (κ1) is 51.0. The zero-order valence-corrected chi connectivity index (χ0v) is 37.0. The van der Waals surface area contributed by atoms with Crippen molar-refractivity contribution in [3.63, 3.8) is 0 Å². The summed E-state index contributed by atoms with van der Waals surface area (Å²) in [6, 6.07) is 9.69. The van der Waals surface area contributed by atoms with E-state index in [1.54, 1.807) is 11.1 Å². The fraction of sp³-hybridized carbons (Fsp3) is 0.640. The molecule has 1 aliphatic rings. The quantitative estimate of drug-likeness (QED) is 0.0440. The predicted molar refractivity (Wildman–Crippen MR) is 234 cm³/mol. The van der Waals surface area contributed by atoms with Gasteiger partial charge in [-0.15, -0.1) is 0 Å². The predicted octanol–water partition coefficient (Wildman–Crippen LogP) is 16.2. The molecule has 0 N–H and O–H groups in total. The van der Waals surface area contributed by atoms with Crippen molar-refractivity contribution in [2.75, 3.05) is 0 Å². The van der Waals surface area contributed by atoms with Crippen LogP contribution in [-0.2, 0) is 55.0 Å². The summed E-state index contributed by atoms with van der Waals surface area (Å²) in [5.74, 6) is 0. The van der Waals surface area contributed by atoms with Gasteiger partial charge in [-0.05, 0) is 135 Å². The van der Waals surface area contributed by atoms with E-state index in [1.165, 1.54) is 154 Å². The van der Waals surface area contributed by atoms with Crippen LogP contribution in [0.5, 0.6) is 0 Å². The van der Waals surface area contributed by atoms with E-state index < -0.39 is 0 Å². The Morgan fingerprint density at radius 2 is 0.679 bits per heavy atom. The largest absolute Gasteiger partial charge is 2.00 e. The standard InChI is InChI=1S/C44H68N2.2C3H7.Ni/c1-7-13-19-21-27-41-35(23-15-9-3)31-39(32-36(41)24-16-10-4)43-29-30-44(46(43)45)40-33-37(25-17-11-5)42(28-22-20-14-8-2)38(34-40)26-18-12-6;2*1-3-2;/h29-34H,7-28H2,1-6H3;2*1,3H2,2H3;/q;2*-1;+2. The minimum atomic E-state index is 0. The molecule has 3 rings (SSSR count). The van der Waals surface area contributed by atoms with Crippen molar-refractivity contribution in [1.82, 2.24) is 0 Å². The molecule has 0 atom stereocenters. The second-order valence-electron chi connectivity index (χ2n) is 15.0. The third kappa shape index (κ3) is 18.5. The van der Waals surface area contributed by atoms with Crippen LogP contribution in [0.4, 0.5) is 0 Å². The van der Waals surface area contributed by atoms with E-state index in [1.807, 2.05) is 13.8 Å².